The van der Waals surface area contributed by atoms with Crippen molar-refractivity contribution in [3.63, 3.8) is 0 Å². The summed E-state index contributed by atoms with van der Waals surface area (Å²) < 4.78 is 5.49. The van der Waals surface area contributed by atoms with Gasteiger partial charge in [0.25, 0.3) is 5.91 Å². The van der Waals surface area contributed by atoms with E-state index in [1.807, 2.05) is 24.3 Å². The van der Waals surface area contributed by atoms with Gasteiger partial charge in [-0.25, -0.2) is 9.97 Å². The average molecular weight is 254 g/mol. The topological polar surface area (TPSA) is 80.9 Å². The second kappa shape index (κ2) is 4.85. The van der Waals surface area contributed by atoms with Crippen molar-refractivity contribution < 1.29 is 9.21 Å². The van der Waals surface area contributed by atoms with Crippen LogP contribution in [-0.4, -0.2) is 20.9 Å². The highest BCUT2D eigenvalue weighted by Crippen LogP contribution is 2.14. The second-order valence-electron chi connectivity index (χ2n) is 3.85. The Morgan fingerprint density at radius 1 is 1.26 bits per heavy atom. The molecule has 0 spiro atoms. The van der Waals surface area contributed by atoms with Crippen molar-refractivity contribution in [2.45, 2.75) is 6.54 Å². The van der Waals surface area contributed by atoms with Crippen LogP contribution < -0.4 is 5.32 Å². The molecule has 0 bridgehead atoms. The van der Waals surface area contributed by atoms with Crippen LogP contribution in [0.2, 0.25) is 0 Å². The largest absolute Gasteiger partial charge is 0.439 e. The van der Waals surface area contributed by atoms with Crippen LogP contribution in [0.1, 0.15) is 16.4 Å². The SMILES string of the molecule is O=C(NCc1nc2ccccc2o1)c1cnccn1. The summed E-state index contributed by atoms with van der Waals surface area (Å²) in [7, 11) is 0. The van der Waals surface area contributed by atoms with Gasteiger partial charge in [-0.1, -0.05) is 12.1 Å². The number of para-hydroxylation sites is 2. The first kappa shape index (κ1) is 11.3. The van der Waals surface area contributed by atoms with Crippen LogP contribution in [0.3, 0.4) is 0 Å². The third-order valence-corrected chi connectivity index (χ3v) is 2.53. The van der Waals surface area contributed by atoms with Crippen molar-refractivity contribution in [1.82, 2.24) is 20.3 Å². The van der Waals surface area contributed by atoms with Gasteiger partial charge in [0.05, 0.1) is 12.7 Å². The van der Waals surface area contributed by atoms with Crippen molar-refractivity contribution in [3.05, 3.63) is 54.4 Å². The van der Waals surface area contributed by atoms with Crippen LogP contribution in [0.25, 0.3) is 11.1 Å². The molecule has 0 unspecified atom stereocenters. The Hall–Kier alpha value is -2.76. The quantitative estimate of drug-likeness (QED) is 0.766. The fourth-order valence-electron chi connectivity index (χ4n) is 1.66. The van der Waals surface area contributed by atoms with Crippen LogP contribution >= 0.6 is 0 Å². The number of rotatable bonds is 3. The van der Waals surface area contributed by atoms with Crippen molar-refractivity contribution in [2.24, 2.45) is 0 Å². The number of hydrogen-bond donors (Lipinski definition) is 1. The highest BCUT2D eigenvalue weighted by Gasteiger charge is 2.09. The molecule has 0 aliphatic carbocycles. The van der Waals surface area contributed by atoms with E-state index in [2.05, 4.69) is 20.3 Å². The molecule has 6 nitrogen and oxygen atoms in total. The third kappa shape index (κ3) is 2.42. The van der Waals surface area contributed by atoms with Gasteiger partial charge in [0.1, 0.15) is 11.2 Å². The molecule has 1 aromatic carbocycles. The van der Waals surface area contributed by atoms with Crippen LogP contribution in [0.4, 0.5) is 0 Å². The number of hydrogen-bond acceptors (Lipinski definition) is 5. The molecule has 0 atom stereocenters. The third-order valence-electron chi connectivity index (χ3n) is 2.53. The van der Waals surface area contributed by atoms with Gasteiger partial charge < -0.3 is 9.73 Å². The number of nitrogens with zero attached hydrogens (tertiary/aromatic N) is 3. The minimum Gasteiger partial charge on any atom is -0.439 e. The molecule has 0 aliphatic rings. The Morgan fingerprint density at radius 2 is 2.16 bits per heavy atom. The standard InChI is InChI=1S/C13H10N4O2/c18-13(10-7-14-5-6-15-10)16-8-12-17-9-3-1-2-4-11(9)19-12/h1-7H,8H2,(H,16,18). The van der Waals surface area contributed by atoms with Gasteiger partial charge in [-0.05, 0) is 12.1 Å². The Morgan fingerprint density at radius 3 is 2.95 bits per heavy atom. The van der Waals surface area contributed by atoms with Gasteiger partial charge in [0.2, 0.25) is 5.89 Å². The molecule has 0 radical (unpaired) electrons. The molecule has 2 aromatic heterocycles. The molecule has 1 amide bonds. The van der Waals surface area contributed by atoms with E-state index in [1.165, 1.54) is 18.6 Å². The van der Waals surface area contributed by atoms with E-state index in [0.29, 0.717) is 11.5 Å². The Balaban J connectivity index is 1.71. The number of carbonyl (C=O) groups is 1. The first-order chi connectivity index (χ1) is 9.33. The van der Waals surface area contributed by atoms with Gasteiger partial charge in [-0.3, -0.25) is 9.78 Å². The summed E-state index contributed by atoms with van der Waals surface area (Å²) in [4.78, 5) is 23.8. The fraction of sp³-hybridized carbons (Fsp3) is 0.0769. The lowest BCUT2D eigenvalue weighted by Crippen LogP contribution is -2.23. The summed E-state index contributed by atoms with van der Waals surface area (Å²) in [5, 5.41) is 2.68. The van der Waals surface area contributed by atoms with Crippen molar-refractivity contribution in [2.75, 3.05) is 0 Å². The molecule has 94 valence electrons. The van der Waals surface area contributed by atoms with Gasteiger partial charge >= 0.3 is 0 Å². The molecule has 0 saturated heterocycles. The summed E-state index contributed by atoms with van der Waals surface area (Å²) in [5.74, 6) is 0.147. The normalized spacial score (nSPS) is 10.5. The minimum absolute atomic E-state index is 0.212. The number of fused-ring (bicyclic) bond motifs is 1. The summed E-state index contributed by atoms with van der Waals surface area (Å²) in [5.41, 5.74) is 1.73. The number of amides is 1. The van der Waals surface area contributed by atoms with E-state index in [1.54, 1.807) is 0 Å². The lowest BCUT2D eigenvalue weighted by Gasteiger charge is -2.00. The van der Waals surface area contributed by atoms with E-state index >= 15 is 0 Å². The highest BCUT2D eigenvalue weighted by molar-refractivity contribution is 5.91. The van der Waals surface area contributed by atoms with E-state index < -0.39 is 0 Å². The number of nitrogens with one attached hydrogen (secondary N) is 1. The molecule has 2 heterocycles. The zero-order valence-corrected chi connectivity index (χ0v) is 9.91. The molecule has 19 heavy (non-hydrogen) atoms. The Labute approximate surface area is 108 Å². The summed E-state index contributed by atoms with van der Waals surface area (Å²) in [6.45, 7) is 0.212. The van der Waals surface area contributed by atoms with E-state index in [9.17, 15) is 4.79 Å². The second-order valence-corrected chi connectivity index (χ2v) is 3.85. The summed E-state index contributed by atoms with van der Waals surface area (Å²) in [6, 6.07) is 7.44. The first-order valence-corrected chi connectivity index (χ1v) is 5.71. The lowest BCUT2D eigenvalue weighted by atomic mass is 10.3. The predicted molar refractivity (Wildman–Crippen MR) is 67.2 cm³/mol. The van der Waals surface area contributed by atoms with E-state index in [4.69, 9.17) is 4.42 Å². The molecule has 0 fully saturated rings. The van der Waals surface area contributed by atoms with Crippen LogP contribution in [-0.2, 0) is 6.54 Å². The van der Waals surface area contributed by atoms with Crippen LogP contribution in [0.15, 0.2) is 47.3 Å². The first-order valence-electron chi connectivity index (χ1n) is 5.71. The molecular weight excluding hydrogens is 244 g/mol. The zero-order chi connectivity index (χ0) is 13.1. The predicted octanol–water partition coefficient (Wildman–Crippen LogP) is 1.55. The van der Waals surface area contributed by atoms with E-state index in [0.717, 1.165) is 5.52 Å². The van der Waals surface area contributed by atoms with Crippen LogP contribution in [0.5, 0.6) is 0 Å². The van der Waals surface area contributed by atoms with Gasteiger partial charge in [0.15, 0.2) is 5.58 Å². The average Bonchev–Trinajstić information content (AvgIpc) is 2.88. The molecule has 3 aromatic rings. The maximum Gasteiger partial charge on any atom is 0.271 e. The monoisotopic (exact) mass is 254 g/mol. The zero-order valence-electron chi connectivity index (χ0n) is 9.91. The van der Waals surface area contributed by atoms with Crippen LogP contribution in [0, 0.1) is 0 Å². The molecule has 6 heteroatoms. The summed E-state index contributed by atoms with van der Waals surface area (Å²) >= 11 is 0. The van der Waals surface area contributed by atoms with Crippen molar-refractivity contribution in [3.8, 4) is 0 Å². The van der Waals surface area contributed by atoms with Gasteiger partial charge in [-0.2, -0.15) is 0 Å². The minimum atomic E-state index is -0.310. The molecular formula is C13H10N4O2. The molecule has 0 saturated carbocycles. The van der Waals surface area contributed by atoms with Gasteiger partial charge in [0, 0.05) is 12.4 Å². The highest BCUT2D eigenvalue weighted by atomic mass is 16.3. The van der Waals surface area contributed by atoms with Crippen molar-refractivity contribution in [1.29, 1.82) is 0 Å². The molecule has 3 rings (SSSR count). The van der Waals surface area contributed by atoms with E-state index in [-0.39, 0.29) is 18.1 Å². The maximum absolute atomic E-state index is 11.8. The lowest BCUT2D eigenvalue weighted by molar-refractivity contribution is 0.0942. The number of benzene rings is 1. The Kier molecular flexibility index (Phi) is 2.89. The summed E-state index contributed by atoms with van der Waals surface area (Å²) in [6.07, 6.45) is 4.38. The van der Waals surface area contributed by atoms with Crippen molar-refractivity contribution >= 4 is 17.0 Å². The maximum atomic E-state index is 11.8. The van der Waals surface area contributed by atoms with Gasteiger partial charge in [-0.15, -0.1) is 0 Å². The molecule has 0 aliphatic heterocycles. The number of carbonyl (C=O) groups excluding carboxylic acids is 1. The smallest absolute Gasteiger partial charge is 0.271 e. The fourth-order valence-corrected chi connectivity index (χ4v) is 1.66. The number of oxazole rings is 1. The Bertz CT molecular complexity index is 676. The molecule has 1 N–H and O–H groups in total. The number of aromatic nitrogens is 3.